The van der Waals surface area contributed by atoms with Gasteiger partial charge in [-0.05, 0) is 59.9 Å². The number of carbonyl (C=O) groups excluding carboxylic acids is 2. The number of hydrogen-bond acceptors (Lipinski definition) is 5. The van der Waals surface area contributed by atoms with Gasteiger partial charge in [0.15, 0.2) is 0 Å². The number of aryl methyl sites for hydroxylation is 1. The first-order valence-electron chi connectivity index (χ1n) is 12.0. The second-order valence-corrected chi connectivity index (χ2v) is 11.3. The highest BCUT2D eigenvalue weighted by molar-refractivity contribution is 7.10. The van der Waals surface area contributed by atoms with Gasteiger partial charge in [0, 0.05) is 42.0 Å². The summed E-state index contributed by atoms with van der Waals surface area (Å²) in [4.78, 5) is 35.0. The molecule has 0 spiro atoms. The molecular formula is C27H31N3O2S2. The lowest BCUT2D eigenvalue weighted by atomic mass is 9.90. The molecule has 178 valence electrons. The van der Waals surface area contributed by atoms with E-state index in [9.17, 15) is 9.59 Å². The molecule has 2 aliphatic heterocycles. The Morgan fingerprint density at radius 2 is 1.79 bits per heavy atom. The minimum atomic E-state index is 0.0298. The zero-order chi connectivity index (χ0) is 23.7. The van der Waals surface area contributed by atoms with Gasteiger partial charge in [-0.1, -0.05) is 30.3 Å². The van der Waals surface area contributed by atoms with Gasteiger partial charge in [-0.2, -0.15) is 0 Å². The van der Waals surface area contributed by atoms with E-state index in [4.69, 9.17) is 0 Å². The molecule has 2 aromatic heterocycles. The van der Waals surface area contributed by atoms with Gasteiger partial charge in [-0.15, -0.1) is 22.7 Å². The maximum Gasteiger partial charge on any atom is 0.236 e. The summed E-state index contributed by atoms with van der Waals surface area (Å²) < 4.78 is 0. The lowest BCUT2D eigenvalue weighted by Crippen LogP contribution is -2.57. The number of nitrogens with zero attached hydrogens (tertiary/aromatic N) is 3. The van der Waals surface area contributed by atoms with E-state index in [1.54, 1.807) is 11.3 Å². The van der Waals surface area contributed by atoms with Gasteiger partial charge in [-0.3, -0.25) is 14.5 Å². The summed E-state index contributed by atoms with van der Waals surface area (Å²) in [6.07, 6.45) is 1.44. The number of thiophene rings is 2. The molecular weight excluding hydrogens is 462 g/mol. The third-order valence-corrected chi connectivity index (χ3v) is 8.97. The maximum atomic E-state index is 13.4. The first-order chi connectivity index (χ1) is 16.5. The van der Waals surface area contributed by atoms with Crippen molar-refractivity contribution in [2.24, 2.45) is 0 Å². The van der Waals surface area contributed by atoms with Crippen LogP contribution >= 0.6 is 22.7 Å². The Bertz CT molecular complexity index is 1160. The summed E-state index contributed by atoms with van der Waals surface area (Å²) in [7, 11) is 0. The number of piperazine rings is 1. The third kappa shape index (κ3) is 4.69. The first-order valence-corrected chi connectivity index (χ1v) is 13.7. The molecule has 1 aromatic carbocycles. The van der Waals surface area contributed by atoms with Crippen LogP contribution < -0.4 is 0 Å². The lowest BCUT2D eigenvalue weighted by Gasteiger charge is -2.42. The van der Waals surface area contributed by atoms with Crippen molar-refractivity contribution < 1.29 is 9.59 Å². The molecule has 7 heteroatoms. The second kappa shape index (κ2) is 10.0. The van der Waals surface area contributed by atoms with Crippen LogP contribution in [0.2, 0.25) is 0 Å². The molecule has 0 aliphatic carbocycles. The van der Waals surface area contributed by atoms with Crippen LogP contribution in [0.15, 0.2) is 53.2 Å². The first kappa shape index (κ1) is 23.3. The number of fused-ring (bicyclic) bond motifs is 1. The van der Waals surface area contributed by atoms with Crippen molar-refractivity contribution in [3.05, 3.63) is 79.7 Å². The lowest BCUT2D eigenvalue weighted by molar-refractivity contribution is -0.143. The predicted molar refractivity (Wildman–Crippen MR) is 138 cm³/mol. The van der Waals surface area contributed by atoms with E-state index in [1.165, 1.54) is 21.6 Å². The third-order valence-electron chi connectivity index (χ3n) is 7.09. The van der Waals surface area contributed by atoms with Crippen LogP contribution in [-0.4, -0.2) is 65.3 Å². The largest absolute Gasteiger partial charge is 0.338 e. The Hall–Kier alpha value is -2.48. The number of hydrogen-bond donors (Lipinski definition) is 0. The average Bonchev–Trinajstić information content (AvgIpc) is 3.51. The fourth-order valence-electron chi connectivity index (χ4n) is 5.29. The van der Waals surface area contributed by atoms with Crippen LogP contribution in [0.3, 0.4) is 0 Å². The molecule has 5 nitrogen and oxygen atoms in total. The van der Waals surface area contributed by atoms with Gasteiger partial charge in [0.05, 0.1) is 19.0 Å². The molecule has 3 aromatic rings. The molecule has 0 N–H and O–H groups in total. The number of benzene rings is 1. The fraction of sp³-hybridized carbons (Fsp3) is 0.407. The van der Waals surface area contributed by atoms with Crippen LogP contribution in [0.1, 0.15) is 39.4 Å². The van der Waals surface area contributed by atoms with Gasteiger partial charge in [0.1, 0.15) is 0 Å². The van der Waals surface area contributed by atoms with Gasteiger partial charge in [0.2, 0.25) is 11.8 Å². The van der Waals surface area contributed by atoms with Gasteiger partial charge in [-0.25, -0.2) is 0 Å². The molecule has 1 saturated heterocycles. The monoisotopic (exact) mass is 493 g/mol. The quantitative estimate of drug-likeness (QED) is 0.530. The zero-order valence-corrected chi connectivity index (χ0v) is 21.4. The predicted octanol–water partition coefficient (Wildman–Crippen LogP) is 4.37. The summed E-state index contributed by atoms with van der Waals surface area (Å²) >= 11 is 3.44. The van der Waals surface area contributed by atoms with E-state index in [1.807, 2.05) is 38.6 Å². The molecule has 0 radical (unpaired) electrons. The molecule has 4 heterocycles. The standard InChI is InChI=1S/C27H31N3O2S2/c1-19-6-3-4-8-22(19)27-23-10-15-34-24(23)9-11-29(27)18-26(32)28-12-13-30(20(2)17-28)25(31)16-21-7-5-14-33-21/h3-8,10,14-15,20,27H,9,11-13,16-18H2,1-2H3/t20-,27+/m1/s1. The summed E-state index contributed by atoms with van der Waals surface area (Å²) in [5.74, 6) is 0.317. The van der Waals surface area contributed by atoms with Crippen LogP contribution in [0, 0.1) is 6.92 Å². The van der Waals surface area contributed by atoms with Crippen molar-refractivity contribution >= 4 is 34.5 Å². The maximum absolute atomic E-state index is 13.4. The molecule has 0 saturated carbocycles. The van der Waals surface area contributed by atoms with Crippen molar-refractivity contribution in [3.63, 3.8) is 0 Å². The molecule has 1 fully saturated rings. The van der Waals surface area contributed by atoms with E-state index < -0.39 is 0 Å². The highest BCUT2D eigenvalue weighted by atomic mass is 32.1. The summed E-state index contributed by atoms with van der Waals surface area (Å²) in [5, 5.41) is 4.18. The van der Waals surface area contributed by atoms with Crippen LogP contribution in [0.25, 0.3) is 0 Å². The fourth-order valence-corrected chi connectivity index (χ4v) is 6.89. The minimum absolute atomic E-state index is 0.0298. The summed E-state index contributed by atoms with van der Waals surface area (Å²) in [6.45, 7) is 7.31. The van der Waals surface area contributed by atoms with Crippen LogP contribution in [0.5, 0.6) is 0 Å². The van der Waals surface area contributed by atoms with Crippen molar-refractivity contribution in [1.82, 2.24) is 14.7 Å². The molecule has 2 atom stereocenters. The Balaban J connectivity index is 1.27. The summed E-state index contributed by atoms with van der Waals surface area (Å²) in [6, 6.07) is 14.9. The van der Waals surface area contributed by atoms with Crippen molar-refractivity contribution in [2.45, 2.75) is 38.8 Å². The Kier molecular flexibility index (Phi) is 6.86. The van der Waals surface area contributed by atoms with E-state index in [-0.39, 0.29) is 23.9 Å². The van der Waals surface area contributed by atoms with E-state index in [2.05, 4.69) is 54.5 Å². The smallest absolute Gasteiger partial charge is 0.236 e. The number of rotatable bonds is 5. The van der Waals surface area contributed by atoms with E-state index in [0.29, 0.717) is 32.6 Å². The Labute approximate surface area is 209 Å². The molecule has 0 bridgehead atoms. The number of amides is 2. The summed E-state index contributed by atoms with van der Waals surface area (Å²) in [5.41, 5.74) is 3.89. The van der Waals surface area contributed by atoms with Crippen LogP contribution in [-0.2, 0) is 22.4 Å². The van der Waals surface area contributed by atoms with Gasteiger partial charge < -0.3 is 9.80 Å². The zero-order valence-electron chi connectivity index (χ0n) is 19.8. The molecule has 34 heavy (non-hydrogen) atoms. The second-order valence-electron chi connectivity index (χ2n) is 9.31. The Morgan fingerprint density at radius 1 is 0.941 bits per heavy atom. The average molecular weight is 494 g/mol. The van der Waals surface area contributed by atoms with Gasteiger partial charge >= 0.3 is 0 Å². The highest BCUT2D eigenvalue weighted by Crippen LogP contribution is 2.38. The SMILES string of the molecule is Cc1ccccc1[C@H]1c2ccsc2CCN1CC(=O)N1CCN(C(=O)Cc2cccs2)[C@H](C)C1. The van der Waals surface area contributed by atoms with E-state index >= 15 is 0 Å². The molecule has 2 amide bonds. The van der Waals surface area contributed by atoms with Crippen molar-refractivity contribution in [3.8, 4) is 0 Å². The normalized spacial score (nSPS) is 20.9. The molecule has 2 aliphatic rings. The van der Waals surface area contributed by atoms with Crippen molar-refractivity contribution in [1.29, 1.82) is 0 Å². The topological polar surface area (TPSA) is 43.9 Å². The molecule has 5 rings (SSSR count). The number of carbonyl (C=O) groups is 2. The van der Waals surface area contributed by atoms with E-state index in [0.717, 1.165) is 17.8 Å². The van der Waals surface area contributed by atoms with Crippen molar-refractivity contribution in [2.75, 3.05) is 32.7 Å². The minimum Gasteiger partial charge on any atom is -0.338 e. The van der Waals surface area contributed by atoms with Gasteiger partial charge in [0.25, 0.3) is 0 Å². The van der Waals surface area contributed by atoms with Crippen LogP contribution in [0.4, 0.5) is 0 Å². The highest BCUT2D eigenvalue weighted by Gasteiger charge is 2.34. The Morgan fingerprint density at radius 3 is 2.56 bits per heavy atom. The molecule has 0 unspecified atom stereocenters.